The SMILES string of the molecule is COS(Cl)(OC)OC. The lowest BCUT2D eigenvalue weighted by molar-refractivity contribution is 0.265. The van der Waals surface area contributed by atoms with E-state index in [1.54, 1.807) is 0 Å². The first-order chi connectivity index (χ1) is 3.68. The van der Waals surface area contributed by atoms with Crippen LogP contribution in [0.3, 0.4) is 0 Å². The van der Waals surface area contributed by atoms with E-state index >= 15 is 0 Å². The molecule has 0 atom stereocenters. The van der Waals surface area contributed by atoms with Gasteiger partial charge in [0.25, 0.3) is 0 Å². The van der Waals surface area contributed by atoms with Crippen molar-refractivity contribution in [3.63, 3.8) is 0 Å². The Balaban J connectivity index is 3.58. The summed E-state index contributed by atoms with van der Waals surface area (Å²) in [5.41, 5.74) is 0. The molecule has 0 aromatic rings. The van der Waals surface area contributed by atoms with Crippen LogP contribution in [0.15, 0.2) is 0 Å². The molecule has 0 saturated heterocycles. The van der Waals surface area contributed by atoms with E-state index in [-0.39, 0.29) is 0 Å². The van der Waals surface area contributed by atoms with Crippen molar-refractivity contribution in [1.29, 1.82) is 0 Å². The van der Waals surface area contributed by atoms with Crippen LogP contribution in [0.4, 0.5) is 0 Å². The number of rotatable bonds is 3. The van der Waals surface area contributed by atoms with E-state index in [1.165, 1.54) is 21.3 Å². The van der Waals surface area contributed by atoms with E-state index < -0.39 is 10.1 Å². The van der Waals surface area contributed by atoms with Gasteiger partial charge in [0.1, 0.15) is 0 Å². The van der Waals surface area contributed by atoms with E-state index in [4.69, 9.17) is 10.7 Å². The van der Waals surface area contributed by atoms with Crippen molar-refractivity contribution in [2.24, 2.45) is 0 Å². The van der Waals surface area contributed by atoms with Crippen molar-refractivity contribution in [2.45, 2.75) is 0 Å². The number of halogens is 1. The maximum Gasteiger partial charge on any atom is 0.181 e. The molecular formula is C3H9ClO3S. The zero-order chi connectivity index (χ0) is 6.62. The van der Waals surface area contributed by atoms with Gasteiger partial charge >= 0.3 is 0 Å². The Bertz CT molecular complexity index is 57.3. The Labute approximate surface area is 55.3 Å². The predicted octanol–water partition coefficient (Wildman–Crippen LogP) is 1.63. The quantitative estimate of drug-likeness (QED) is 0.628. The molecule has 0 amide bonds. The molecule has 3 nitrogen and oxygen atoms in total. The summed E-state index contributed by atoms with van der Waals surface area (Å²) in [4.78, 5) is 0. The Kier molecular flexibility index (Phi) is 3.76. The topological polar surface area (TPSA) is 27.7 Å². The first-order valence-electron chi connectivity index (χ1n) is 1.88. The minimum absolute atomic E-state index is 1.43. The van der Waals surface area contributed by atoms with Gasteiger partial charge in [-0.05, 0) is 0 Å². The zero-order valence-electron chi connectivity index (χ0n) is 5.01. The monoisotopic (exact) mass is 160 g/mol. The lowest BCUT2D eigenvalue weighted by Gasteiger charge is -2.24. The average molecular weight is 161 g/mol. The van der Waals surface area contributed by atoms with E-state index in [0.29, 0.717) is 0 Å². The zero-order valence-corrected chi connectivity index (χ0v) is 6.58. The van der Waals surface area contributed by atoms with E-state index in [0.717, 1.165) is 0 Å². The summed E-state index contributed by atoms with van der Waals surface area (Å²) >= 11 is 0. The van der Waals surface area contributed by atoms with Crippen molar-refractivity contribution in [1.82, 2.24) is 0 Å². The Morgan fingerprint density at radius 2 is 1.25 bits per heavy atom. The van der Waals surface area contributed by atoms with Gasteiger partial charge in [-0.25, -0.2) is 0 Å². The Morgan fingerprint density at radius 3 is 1.25 bits per heavy atom. The van der Waals surface area contributed by atoms with Gasteiger partial charge in [0.2, 0.25) is 0 Å². The van der Waals surface area contributed by atoms with Crippen LogP contribution < -0.4 is 0 Å². The second-order valence-corrected chi connectivity index (χ2v) is 3.81. The molecule has 0 aromatic carbocycles. The molecule has 0 rings (SSSR count). The Hall–Kier alpha value is 0.520. The molecule has 52 valence electrons. The van der Waals surface area contributed by atoms with Gasteiger partial charge in [-0.2, -0.15) is 0 Å². The van der Waals surface area contributed by atoms with E-state index in [2.05, 4.69) is 12.5 Å². The molecule has 0 aliphatic carbocycles. The smallest absolute Gasteiger partial charge is 0.181 e. The fraction of sp³-hybridized carbons (Fsp3) is 1.00. The number of hydrogen-bond acceptors (Lipinski definition) is 3. The van der Waals surface area contributed by atoms with Crippen LogP contribution in [-0.4, -0.2) is 21.3 Å². The van der Waals surface area contributed by atoms with Gasteiger partial charge in [-0.1, -0.05) is 0 Å². The largest absolute Gasteiger partial charge is 0.284 e. The third kappa shape index (κ3) is 2.19. The molecule has 0 aromatic heterocycles. The molecule has 0 unspecified atom stereocenters. The Morgan fingerprint density at radius 1 is 1.00 bits per heavy atom. The molecule has 0 aliphatic heterocycles. The molecule has 0 bridgehead atoms. The number of hydrogen-bond donors (Lipinski definition) is 0. The highest BCUT2D eigenvalue weighted by atomic mass is 35.7. The van der Waals surface area contributed by atoms with Crippen LogP contribution >= 0.6 is 20.8 Å². The molecule has 0 N–H and O–H groups in total. The summed E-state index contributed by atoms with van der Waals surface area (Å²) in [5.74, 6) is 0. The fourth-order valence-corrected chi connectivity index (χ4v) is 0.612. The molecular weight excluding hydrogens is 152 g/mol. The summed E-state index contributed by atoms with van der Waals surface area (Å²) < 4.78 is 13.9. The second-order valence-electron chi connectivity index (χ2n) is 0.893. The van der Waals surface area contributed by atoms with Gasteiger partial charge in [0, 0.05) is 10.7 Å². The predicted molar refractivity (Wildman–Crippen MR) is 34.5 cm³/mol. The van der Waals surface area contributed by atoms with Crippen LogP contribution in [0.2, 0.25) is 0 Å². The highest BCUT2D eigenvalue weighted by Crippen LogP contribution is 2.54. The molecule has 0 saturated carbocycles. The standard InChI is InChI=1S/C3H9ClO3S/c1-5-8(4,6-2)7-3/h1-3H3. The van der Waals surface area contributed by atoms with Crippen molar-refractivity contribution in [2.75, 3.05) is 21.3 Å². The molecule has 8 heavy (non-hydrogen) atoms. The van der Waals surface area contributed by atoms with E-state index in [1.807, 2.05) is 0 Å². The summed E-state index contributed by atoms with van der Waals surface area (Å²) in [6.45, 7) is 0. The minimum atomic E-state index is -2.18. The van der Waals surface area contributed by atoms with Crippen molar-refractivity contribution in [3.05, 3.63) is 0 Å². The summed E-state index contributed by atoms with van der Waals surface area (Å²) in [6.07, 6.45) is 0. The van der Waals surface area contributed by atoms with Crippen molar-refractivity contribution in [3.8, 4) is 0 Å². The molecule has 5 heteroatoms. The lowest BCUT2D eigenvalue weighted by atomic mass is 11.8. The van der Waals surface area contributed by atoms with E-state index in [9.17, 15) is 0 Å². The molecule has 0 fully saturated rings. The first-order valence-corrected chi connectivity index (χ1v) is 4.11. The fourth-order valence-electron chi connectivity index (χ4n) is 0.204. The van der Waals surface area contributed by atoms with Crippen LogP contribution in [0, 0.1) is 0 Å². The minimum Gasteiger partial charge on any atom is -0.284 e. The molecule has 0 radical (unpaired) electrons. The lowest BCUT2D eigenvalue weighted by Crippen LogP contribution is -1.97. The van der Waals surface area contributed by atoms with Crippen LogP contribution in [0.25, 0.3) is 0 Å². The highest BCUT2D eigenvalue weighted by molar-refractivity contribution is 8.40. The van der Waals surface area contributed by atoms with Crippen molar-refractivity contribution >= 4 is 20.8 Å². The third-order valence-corrected chi connectivity index (χ3v) is 2.93. The normalized spacial score (nSPS) is 14.0. The van der Waals surface area contributed by atoms with Gasteiger partial charge < -0.3 is 0 Å². The maximum atomic E-state index is 5.51. The van der Waals surface area contributed by atoms with Gasteiger partial charge in [-0.3, -0.25) is 12.5 Å². The molecule has 0 aliphatic rings. The van der Waals surface area contributed by atoms with Gasteiger partial charge in [0.05, 0.1) is 21.3 Å². The second kappa shape index (κ2) is 3.53. The highest BCUT2D eigenvalue weighted by Gasteiger charge is 2.17. The van der Waals surface area contributed by atoms with Crippen LogP contribution in [-0.2, 0) is 12.5 Å². The van der Waals surface area contributed by atoms with Crippen LogP contribution in [0.1, 0.15) is 0 Å². The maximum absolute atomic E-state index is 5.51. The summed E-state index contributed by atoms with van der Waals surface area (Å²) in [6, 6.07) is 0. The van der Waals surface area contributed by atoms with Gasteiger partial charge in [-0.15, -0.1) is 0 Å². The van der Waals surface area contributed by atoms with Crippen molar-refractivity contribution < 1.29 is 12.5 Å². The van der Waals surface area contributed by atoms with Gasteiger partial charge in [0.15, 0.2) is 10.1 Å². The molecule has 0 heterocycles. The molecule has 0 spiro atoms. The van der Waals surface area contributed by atoms with Crippen LogP contribution in [0.5, 0.6) is 0 Å². The summed E-state index contributed by atoms with van der Waals surface area (Å²) in [7, 11) is 7.61. The average Bonchev–Trinajstić information content (AvgIpc) is 1.87. The first kappa shape index (κ1) is 8.52. The third-order valence-electron chi connectivity index (χ3n) is 0.597. The summed E-state index contributed by atoms with van der Waals surface area (Å²) in [5, 5.41) is 0.